The van der Waals surface area contributed by atoms with Crippen LogP contribution >= 0.6 is 11.6 Å². The van der Waals surface area contributed by atoms with E-state index >= 15 is 0 Å². The number of aromatic nitrogens is 2. The van der Waals surface area contributed by atoms with Crippen LogP contribution in [0.4, 0.5) is 0 Å². The molecule has 1 aromatic carbocycles. The summed E-state index contributed by atoms with van der Waals surface area (Å²) in [5, 5.41) is 9.48. The van der Waals surface area contributed by atoms with Crippen LogP contribution in [0.2, 0.25) is 5.15 Å². The molecule has 0 aliphatic carbocycles. The number of hydrogen-bond acceptors (Lipinski definition) is 4. The van der Waals surface area contributed by atoms with Crippen molar-refractivity contribution in [2.45, 2.75) is 38.4 Å². The Balaban J connectivity index is 1.24. The molecule has 3 aromatic rings. The second-order valence-corrected chi connectivity index (χ2v) is 8.43. The van der Waals surface area contributed by atoms with Crippen LogP contribution in [0.5, 0.6) is 0 Å². The molecule has 3 N–H and O–H groups in total. The molecule has 2 aromatic heterocycles. The van der Waals surface area contributed by atoms with Crippen molar-refractivity contribution in [3.8, 4) is 0 Å². The monoisotopic (exact) mass is 439 g/mol. The largest absolute Gasteiger partial charge is 0.350 e. The van der Waals surface area contributed by atoms with E-state index in [1.807, 2.05) is 36.5 Å². The maximum absolute atomic E-state index is 12.6. The summed E-state index contributed by atoms with van der Waals surface area (Å²) in [5.74, 6) is 0.0426. The van der Waals surface area contributed by atoms with Crippen molar-refractivity contribution >= 4 is 29.1 Å². The fourth-order valence-electron chi connectivity index (χ4n) is 3.93. The third kappa shape index (κ3) is 5.24. The van der Waals surface area contributed by atoms with Gasteiger partial charge < -0.3 is 16.0 Å². The van der Waals surface area contributed by atoms with Gasteiger partial charge in [-0.2, -0.15) is 0 Å². The number of carbonyl (C=O) groups is 2. The van der Waals surface area contributed by atoms with Gasteiger partial charge in [0.15, 0.2) is 0 Å². The van der Waals surface area contributed by atoms with Crippen molar-refractivity contribution in [2.75, 3.05) is 6.54 Å². The van der Waals surface area contributed by atoms with E-state index in [-0.39, 0.29) is 17.9 Å². The number of nitrogens with one attached hydrogen (secondary N) is 3. The Labute approximate surface area is 186 Å². The molecule has 1 fully saturated rings. The Morgan fingerprint density at radius 3 is 2.84 bits per heavy atom. The van der Waals surface area contributed by atoms with Gasteiger partial charge in [0.25, 0.3) is 0 Å². The van der Waals surface area contributed by atoms with Gasteiger partial charge in [-0.05, 0) is 49.4 Å². The summed E-state index contributed by atoms with van der Waals surface area (Å²) in [6.07, 6.45) is 5.13. The lowest BCUT2D eigenvalue weighted by atomic mass is 9.96. The third-order valence-corrected chi connectivity index (χ3v) is 5.93. The summed E-state index contributed by atoms with van der Waals surface area (Å²) in [5.41, 5.74) is 2.91. The van der Waals surface area contributed by atoms with Crippen molar-refractivity contribution in [2.24, 2.45) is 5.92 Å². The summed E-state index contributed by atoms with van der Waals surface area (Å²) in [7, 11) is 0. The number of fused-ring (bicyclic) bond motifs is 1. The van der Waals surface area contributed by atoms with E-state index in [0.717, 1.165) is 30.6 Å². The number of hydrogen-bond donors (Lipinski definition) is 3. The average molecular weight is 440 g/mol. The van der Waals surface area contributed by atoms with Crippen LogP contribution in [0.1, 0.15) is 24.5 Å². The number of benzene rings is 1. The van der Waals surface area contributed by atoms with E-state index in [4.69, 9.17) is 11.6 Å². The number of rotatable bonds is 7. The van der Waals surface area contributed by atoms with E-state index in [0.29, 0.717) is 17.6 Å². The molecule has 162 valence electrons. The normalized spacial score (nSPS) is 19.3. The van der Waals surface area contributed by atoms with Crippen molar-refractivity contribution in [3.05, 3.63) is 71.1 Å². The molecule has 0 saturated carbocycles. The fourth-order valence-corrected chi connectivity index (χ4v) is 4.12. The minimum atomic E-state index is -0.622. The number of halogens is 1. The zero-order chi connectivity index (χ0) is 21.8. The predicted molar refractivity (Wildman–Crippen MR) is 120 cm³/mol. The van der Waals surface area contributed by atoms with E-state index in [2.05, 4.69) is 33.1 Å². The summed E-state index contributed by atoms with van der Waals surface area (Å²) >= 11 is 6.09. The molecular weight excluding hydrogens is 414 g/mol. The Morgan fingerprint density at radius 2 is 2.03 bits per heavy atom. The van der Waals surface area contributed by atoms with Crippen LogP contribution in [0.15, 0.2) is 54.9 Å². The summed E-state index contributed by atoms with van der Waals surface area (Å²) in [4.78, 5) is 29.2. The number of nitrogens with zero attached hydrogens (tertiary/aromatic N) is 2. The zero-order valence-electron chi connectivity index (χ0n) is 17.3. The van der Waals surface area contributed by atoms with Crippen molar-refractivity contribution < 1.29 is 9.59 Å². The van der Waals surface area contributed by atoms with E-state index in [1.54, 1.807) is 17.5 Å². The molecular formula is C23H26ClN5O2. The van der Waals surface area contributed by atoms with Crippen LogP contribution in [0, 0.1) is 5.92 Å². The van der Waals surface area contributed by atoms with Gasteiger partial charge in [-0.1, -0.05) is 48.0 Å². The second-order valence-electron chi connectivity index (χ2n) is 8.05. The van der Waals surface area contributed by atoms with Gasteiger partial charge in [-0.15, -0.1) is 0 Å². The summed E-state index contributed by atoms with van der Waals surface area (Å²) in [6, 6.07) is 13.1. The summed E-state index contributed by atoms with van der Waals surface area (Å²) in [6.45, 7) is 2.83. The smallest absolute Gasteiger partial charge is 0.242 e. The highest BCUT2D eigenvalue weighted by Gasteiger charge is 2.30. The van der Waals surface area contributed by atoms with Gasteiger partial charge in [0.05, 0.1) is 12.2 Å². The molecule has 31 heavy (non-hydrogen) atoms. The van der Waals surface area contributed by atoms with E-state index in [1.165, 1.54) is 5.56 Å². The lowest BCUT2D eigenvalue weighted by Crippen LogP contribution is -2.49. The van der Waals surface area contributed by atoms with Gasteiger partial charge in [-0.25, -0.2) is 4.98 Å². The first-order valence-electron chi connectivity index (χ1n) is 10.5. The molecule has 4 rings (SSSR count). The molecule has 3 heterocycles. The lowest BCUT2D eigenvalue weighted by Gasteiger charge is -2.17. The minimum Gasteiger partial charge on any atom is -0.350 e. The topological polar surface area (TPSA) is 87.5 Å². The number of pyridine rings is 1. The van der Waals surface area contributed by atoms with Gasteiger partial charge in [-0.3, -0.25) is 14.0 Å². The van der Waals surface area contributed by atoms with Gasteiger partial charge in [0.1, 0.15) is 16.8 Å². The molecule has 1 unspecified atom stereocenters. The highest BCUT2D eigenvalue weighted by atomic mass is 35.5. The molecule has 0 bridgehead atoms. The lowest BCUT2D eigenvalue weighted by molar-refractivity contribution is -0.129. The zero-order valence-corrected chi connectivity index (χ0v) is 18.1. The Hall–Kier alpha value is -2.90. The Bertz CT molecular complexity index is 1070. The molecule has 3 atom stereocenters. The first kappa shape index (κ1) is 21.3. The van der Waals surface area contributed by atoms with Crippen LogP contribution < -0.4 is 16.0 Å². The first-order valence-corrected chi connectivity index (χ1v) is 10.8. The molecule has 8 heteroatoms. The minimum absolute atomic E-state index is 0.134. The van der Waals surface area contributed by atoms with Gasteiger partial charge in [0.2, 0.25) is 11.8 Å². The van der Waals surface area contributed by atoms with Crippen molar-refractivity contribution in [1.29, 1.82) is 0 Å². The highest BCUT2D eigenvalue weighted by molar-refractivity contribution is 6.29. The number of carbonyl (C=O) groups excluding carboxylic acids is 2. The van der Waals surface area contributed by atoms with Crippen LogP contribution in [0.3, 0.4) is 0 Å². The molecule has 1 aliphatic heterocycles. The second kappa shape index (κ2) is 9.49. The standard InChI is InChI=1S/C23H26ClN5O2/c1-15(22(30)27-11-17-7-8-21-26-13-20(24)29(21)14-17)28-23(31)19-10-18(12-25-19)9-16-5-3-2-4-6-16/h2-8,13-15,18-19,25H,9-12H2,1H3,(H,27,30)(H,28,31)/t15?,18-,19+/m0/s1. The molecule has 2 amide bonds. The van der Waals surface area contributed by atoms with Crippen molar-refractivity contribution in [3.63, 3.8) is 0 Å². The maximum Gasteiger partial charge on any atom is 0.242 e. The summed E-state index contributed by atoms with van der Waals surface area (Å²) < 4.78 is 1.76. The number of imidazole rings is 1. The molecule has 1 aliphatic rings. The molecule has 1 saturated heterocycles. The SMILES string of the molecule is CC(NC(=O)[C@H]1C[C@H](Cc2ccccc2)CN1)C(=O)NCc1ccc2ncc(Cl)n2c1. The number of amides is 2. The quantitative estimate of drug-likeness (QED) is 0.527. The van der Waals surface area contributed by atoms with E-state index in [9.17, 15) is 9.59 Å². The predicted octanol–water partition coefficient (Wildman–Crippen LogP) is 2.33. The van der Waals surface area contributed by atoms with Gasteiger partial charge >= 0.3 is 0 Å². The third-order valence-electron chi connectivity index (χ3n) is 5.65. The van der Waals surface area contributed by atoms with Crippen LogP contribution in [-0.2, 0) is 22.6 Å². The molecule has 7 nitrogen and oxygen atoms in total. The average Bonchev–Trinajstić information content (AvgIpc) is 3.39. The highest BCUT2D eigenvalue weighted by Crippen LogP contribution is 2.19. The first-order chi connectivity index (χ1) is 15.0. The molecule has 0 radical (unpaired) electrons. The Kier molecular flexibility index (Phi) is 6.53. The molecule has 0 spiro atoms. The van der Waals surface area contributed by atoms with E-state index < -0.39 is 6.04 Å². The van der Waals surface area contributed by atoms with Crippen LogP contribution in [-0.4, -0.2) is 39.8 Å². The fraction of sp³-hybridized carbons (Fsp3) is 0.348. The van der Waals surface area contributed by atoms with Crippen molar-refractivity contribution in [1.82, 2.24) is 25.3 Å². The van der Waals surface area contributed by atoms with Crippen LogP contribution in [0.25, 0.3) is 5.65 Å². The maximum atomic E-state index is 12.6. The Morgan fingerprint density at radius 1 is 1.23 bits per heavy atom. The van der Waals surface area contributed by atoms with Gasteiger partial charge in [0, 0.05) is 12.7 Å².